The lowest BCUT2D eigenvalue weighted by molar-refractivity contribution is -0.137. The second kappa shape index (κ2) is 4.37. The van der Waals surface area contributed by atoms with Gasteiger partial charge < -0.3 is 10.0 Å². The third-order valence-corrected chi connectivity index (χ3v) is 3.13. The van der Waals surface area contributed by atoms with Crippen LogP contribution in [0.4, 0.5) is 23.8 Å². The first-order valence-corrected chi connectivity index (χ1v) is 5.51. The second-order valence-electron chi connectivity index (χ2n) is 4.32. The zero-order valence-electron chi connectivity index (χ0n) is 10.2. The average Bonchev–Trinajstić information content (AvgIpc) is 2.53. The van der Waals surface area contributed by atoms with E-state index in [1.54, 1.807) is 6.92 Å². The lowest BCUT2D eigenvalue weighted by atomic mass is 10.2. The zero-order valence-corrected chi connectivity index (χ0v) is 10.2. The molecular weight excluding hydrogens is 263 g/mol. The van der Waals surface area contributed by atoms with Crippen molar-refractivity contribution in [1.29, 1.82) is 0 Å². The van der Waals surface area contributed by atoms with Crippen molar-refractivity contribution < 1.29 is 23.1 Å². The number of nitrogens with zero attached hydrogens (tertiary/aromatic N) is 3. The van der Waals surface area contributed by atoms with Crippen molar-refractivity contribution in [2.24, 2.45) is 0 Å². The number of hydrogen-bond acceptors (Lipinski definition) is 3. The van der Waals surface area contributed by atoms with Gasteiger partial charge in [0, 0.05) is 13.2 Å². The van der Waals surface area contributed by atoms with Crippen LogP contribution in [-0.2, 0) is 6.18 Å². The van der Waals surface area contributed by atoms with Crippen LogP contribution in [0.1, 0.15) is 12.5 Å². The summed E-state index contributed by atoms with van der Waals surface area (Å²) in [6, 6.07) is 0.437. The Morgan fingerprint density at radius 2 is 2.05 bits per heavy atom. The monoisotopic (exact) mass is 275 g/mol. The highest BCUT2D eigenvalue weighted by Gasteiger charge is 2.42. The summed E-state index contributed by atoms with van der Waals surface area (Å²) in [7, 11) is 1.46. The summed E-state index contributed by atoms with van der Waals surface area (Å²) in [5.74, 6) is -0.219. The molecule has 0 aromatic carbocycles. The van der Waals surface area contributed by atoms with Crippen molar-refractivity contribution >= 4 is 11.8 Å². The number of urea groups is 1. The van der Waals surface area contributed by atoms with Crippen LogP contribution in [-0.4, -0.2) is 40.3 Å². The number of aliphatic hydroxyl groups is 1. The molecular formula is C11H12F3N3O2. The molecule has 2 atom stereocenters. The van der Waals surface area contributed by atoms with Crippen LogP contribution in [0.5, 0.6) is 0 Å². The minimum atomic E-state index is -4.52. The van der Waals surface area contributed by atoms with Crippen molar-refractivity contribution in [3.8, 4) is 0 Å². The maximum absolute atomic E-state index is 12.6. The molecule has 2 rings (SSSR count). The Labute approximate surface area is 107 Å². The number of amides is 2. The van der Waals surface area contributed by atoms with Gasteiger partial charge in [0.25, 0.3) is 0 Å². The minimum Gasteiger partial charge on any atom is -0.371 e. The first-order valence-electron chi connectivity index (χ1n) is 5.51. The molecule has 0 spiro atoms. The van der Waals surface area contributed by atoms with Crippen molar-refractivity contribution in [2.75, 3.05) is 11.9 Å². The van der Waals surface area contributed by atoms with Crippen molar-refractivity contribution in [1.82, 2.24) is 9.88 Å². The van der Waals surface area contributed by atoms with Gasteiger partial charge in [0.15, 0.2) is 6.23 Å². The molecule has 1 aromatic rings. The van der Waals surface area contributed by atoms with Gasteiger partial charge >= 0.3 is 12.2 Å². The molecule has 0 bridgehead atoms. The summed E-state index contributed by atoms with van der Waals surface area (Å²) >= 11 is 0. The Morgan fingerprint density at radius 3 is 2.53 bits per heavy atom. The summed E-state index contributed by atoms with van der Waals surface area (Å²) in [5, 5.41) is 9.89. The predicted molar refractivity (Wildman–Crippen MR) is 60.3 cm³/mol. The molecule has 1 fully saturated rings. The molecule has 1 aliphatic heterocycles. The van der Waals surface area contributed by atoms with E-state index in [9.17, 15) is 23.1 Å². The smallest absolute Gasteiger partial charge is 0.371 e. The second-order valence-corrected chi connectivity index (χ2v) is 4.32. The lowest BCUT2D eigenvalue weighted by Crippen LogP contribution is -2.36. The fourth-order valence-corrected chi connectivity index (χ4v) is 1.83. The van der Waals surface area contributed by atoms with Gasteiger partial charge in [-0.05, 0) is 19.1 Å². The highest BCUT2D eigenvalue weighted by Crippen LogP contribution is 2.32. The number of carbonyl (C=O) groups is 1. The van der Waals surface area contributed by atoms with E-state index in [0.29, 0.717) is 0 Å². The van der Waals surface area contributed by atoms with Crippen molar-refractivity contribution in [3.05, 3.63) is 23.9 Å². The van der Waals surface area contributed by atoms with Gasteiger partial charge in [-0.15, -0.1) is 0 Å². The molecule has 1 unspecified atom stereocenters. The fourth-order valence-electron chi connectivity index (χ4n) is 1.83. The Hall–Kier alpha value is -1.83. The number of halogens is 3. The first kappa shape index (κ1) is 13.6. The van der Waals surface area contributed by atoms with E-state index in [-0.39, 0.29) is 5.82 Å². The number of rotatable bonds is 1. The topological polar surface area (TPSA) is 56.7 Å². The molecule has 1 N–H and O–H groups in total. The number of carbonyl (C=O) groups excluding carboxylic acids is 1. The third kappa shape index (κ3) is 2.23. The number of likely N-dealkylation sites (N-methyl/N-ethyl adjacent to an activating group) is 1. The fraction of sp³-hybridized carbons (Fsp3) is 0.455. The van der Waals surface area contributed by atoms with E-state index in [2.05, 4.69) is 4.98 Å². The predicted octanol–water partition coefficient (Wildman–Crippen LogP) is 1.68. The highest BCUT2D eigenvalue weighted by atomic mass is 19.4. The van der Waals surface area contributed by atoms with Crippen LogP contribution >= 0.6 is 0 Å². The number of aromatic nitrogens is 1. The average molecular weight is 275 g/mol. The van der Waals surface area contributed by atoms with Crippen LogP contribution in [0.3, 0.4) is 0 Å². The van der Waals surface area contributed by atoms with E-state index in [1.807, 2.05) is 0 Å². The van der Waals surface area contributed by atoms with E-state index in [1.165, 1.54) is 11.9 Å². The van der Waals surface area contributed by atoms with E-state index in [4.69, 9.17) is 0 Å². The van der Waals surface area contributed by atoms with Gasteiger partial charge in [0.05, 0.1) is 11.6 Å². The summed E-state index contributed by atoms with van der Waals surface area (Å²) in [4.78, 5) is 17.7. The molecule has 8 heteroatoms. The maximum Gasteiger partial charge on any atom is 0.416 e. The Bertz CT molecular complexity index is 506. The molecule has 0 aliphatic carbocycles. The van der Waals surface area contributed by atoms with Gasteiger partial charge in [-0.3, -0.25) is 0 Å². The molecule has 0 saturated carbocycles. The maximum atomic E-state index is 12.6. The van der Waals surface area contributed by atoms with Crippen molar-refractivity contribution in [3.63, 3.8) is 0 Å². The van der Waals surface area contributed by atoms with Gasteiger partial charge in [-0.2, -0.15) is 13.2 Å². The van der Waals surface area contributed by atoms with Crippen LogP contribution in [0, 0.1) is 0 Å². The van der Waals surface area contributed by atoms with Crippen molar-refractivity contribution in [2.45, 2.75) is 25.4 Å². The van der Waals surface area contributed by atoms with Crippen LogP contribution in [0.2, 0.25) is 0 Å². The summed E-state index contributed by atoms with van der Waals surface area (Å²) in [5.41, 5.74) is -0.917. The molecule has 2 amide bonds. The van der Waals surface area contributed by atoms with Gasteiger partial charge in [0.2, 0.25) is 0 Å². The van der Waals surface area contributed by atoms with E-state index in [0.717, 1.165) is 23.2 Å². The molecule has 1 saturated heterocycles. The first-order chi connectivity index (χ1) is 8.73. The minimum absolute atomic E-state index is 0.219. The largest absolute Gasteiger partial charge is 0.416 e. The number of hydrogen-bond donors (Lipinski definition) is 1. The van der Waals surface area contributed by atoms with Crippen LogP contribution < -0.4 is 4.90 Å². The standard InChI is InChI=1S/C11H12F3N3O2/c1-6-9(18)17(10(19)16(6)2)8-5-7(3-4-15-8)11(12,13)14/h3-6,9,18H,1-2H3/t6-,9?/m1/s1. The molecule has 0 radical (unpaired) electrons. The number of pyridine rings is 1. The Morgan fingerprint density at radius 1 is 1.42 bits per heavy atom. The molecule has 1 aromatic heterocycles. The molecule has 104 valence electrons. The van der Waals surface area contributed by atoms with Crippen LogP contribution in [0.15, 0.2) is 18.3 Å². The van der Waals surface area contributed by atoms with Gasteiger partial charge in [0.1, 0.15) is 5.82 Å². The highest BCUT2D eigenvalue weighted by molar-refractivity contribution is 5.94. The molecule has 2 heterocycles. The van der Waals surface area contributed by atoms with E-state index >= 15 is 0 Å². The summed E-state index contributed by atoms with van der Waals surface area (Å²) in [6.45, 7) is 1.59. The van der Waals surface area contributed by atoms with Gasteiger partial charge in [-0.1, -0.05) is 0 Å². The number of alkyl halides is 3. The summed E-state index contributed by atoms with van der Waals surface area (Å²) in [6.07, 6.45) is -4.79. The Balaban J connectivity index is 2.40. The summed E-state index contributed by atoms with van der Waals surface area (Å²) < 4.78 is 37.8. The quantitative estimate of drug-likeness (QED) is 0.848. The normalized spacial score (nSPS) is 24.2. The van der Waals surface area contributed by atoms with Gasteiger partial charge in [-0.25, -0.2) is 14.7 Å². The van der Waals surface area contributed by atoms with E-state index < -0.39 is 30.0 Å². The zero-order chi connectivity index (χ0) is 14.4. The number of anilines is 1. The SMILES string of the molecule is C[C@@H]1C(O)N(c2cc(C(F)(F)F)ccn2)C(=O)N1C. The van der Waals surface area contributed by atoms with Crippen LogP contribution in [0.25, 0.3) is 0 Å². The molecule has 1 aliphatic rings. The Kier molecular flexibility index (Phi) is 3.13. The molecule has 5 nitrogen and oxygen atoms in total. The lowest BCUT2D eigenvalue weighted by Gasteiger charge is -2.19. The molecule has 19 heavy (non-hydrogen) atoms. The number of aliphatic hydroxyl groups excluding tert-OH is 1. The third-order valence-electron chi connectivity index (χ3n) is 3.13.